The van der Waals surface area contributed by atoms with Gasteiger partial charge in [0.25, 0.3) is 5.91 Å². The first-order valence-corrected chi connectivity index (χ1v) is 12.7. The normalized spacial score (nSPS) is 15.6. The largest absolute Gasteiger partial charge is 0.337 e. The van der Waals surface area contributed by atoms with Gasteiger partial charge in [-0.2, -0.15) is 4.98 Å². The highest BCUT2D eigenvalue weighted by Crippen LogP contribution is 2.32. The minimum atomic E-state index is -0.349. The lowest BCUT2D eigenvalue weighted by molar-refractivity contribution is -0.136. The molecule has 0 radical (unpaired) electrons. The predicted octanol–water partition coefficient (Wildman–Crippen LogP) is 6.19. The molecular formula is C25H23BrCl2N4O3. The summed E-state index contributed by atoms with van der Waals surface area (Å²) in [7, 11) is 0. The van der Waals surface area contributed by atoms with Crippen molar-refractivity contribution in [2.45, 2.75) is 25.3 Å². The van der Waals surface area contributed by atoms with E-state index in [1.807, 2.05) is 24.3 Å². The summed E-state index contributed by atoms with van der Waals surface area (Å²) in [5, 5.41) is 4.75. The van der Waals surface area contributed by atoms with E-state index in [0.717, 1.165) is 22.9 Å². The van der Waals surface area contributed by atoms with Crippen molar-refractivity contribution in [3.05, 3.63) is 81.1 Å². The molecule has 0 N–H and O–H groups in total. The first kappa shape index (κ1) is 25.4. The number of rotatable bonds is 7. The predicted molar refractivity (Wildman–Crippen MR) is 138 cm³/mol. The number of hydrogen-bond acceptors (Lipinski definition) is 5. The van der Waals surface area contributed by atoms with E-state index in [4.69, 9.17) is 27.7 Å². The van der Waals surface area contributed by atoms with Gasteiger partial charge in [0.15, 0.2) is 0 Å². The number of hydrogen-bond donors (Lipinski definition) is 0. The molecular weight excluding hydrogens is 555 g/mol. The summed E-state index contributed by atoms with van der Waals surface area (Å²) in [6.07, 6.45) is 4.08. The first-order valence-electron chi connectivity index (χ1n) is 11.1. The standard InChI is InChI=1S/C25H23BrCl2N4O3/c1-2-12-31(25(34)17-8-11-19(27)20(28)14-17)15-22(33)32-13-4-3-5-21(32)24-29-23(30-35-24)16-6-9-18(26)10-7-16/h2,6-11,14,21H,1,3-5,12-13,15H2. The van der Waals surface area contributed by atoms with E-state index in [0.29, 0.717) is 35.3 Å². The fourth-order valence-electron chi connectivity index (χ4n) is 4.01. The average molecular weight is 578 g/mol. The molecule has 0 bridgehead atoms. The highest BCUT2D eigenvalue weighted by Gasteiger charge is 2.33. The summed E-state index contributed by atoms with van der Waals surface area (Å²) in [6.45, 7) is 4.36. The molecule has 4 rings (SSSR count). The van der Waals surface area contributed by atoms with Crippen LogP contribution >= 0.6 is 39.1 Å². The van der Waals surface area contributed by atoms with E-state index in [1.54, 1.807) is 23.1 Å². The van der Waals surface area contributed by atoms with Gasteiger partial charge in [-0.25, -0.2) is 0 Å². The Balaban J connectivity index is 1.52. The third-order valence-corrected chi connectivity index (χ3v) is 7.05. The summed E-state index contributed by atoms with van der Waals surface area (Å²) in [6, 6.07) is 11.9. The Bertz CT molecular complexity index is 1230. The topological polar surface area (TPSA) is 79.5 Å². The molecule has 3 aromatic rings. The highest BCUT2D eigenvalue weighted by molar-refractivity contribution is 9.10. The molecule has 1 unspecified atom stereocenters. The van der Waals surface area contributed by atoms with Crippen molar-refractivity contribution in [1.82, 2.24) is 19.9 Å². The molecule has 1 atom stereocenters. The second kappa shape index (κ2) is 11.4. The Morgan fingerprint density at radius 2 is 1.94 bits per heavy atom. The van der Waals surface area contributed by atoms with Crippen LogP contribution in [0, 0.1) is 0 Å². The third kappa shape index (κ3) is 5.94. The van der Waals surface area contributed by atoms with Crippen molar-refractivity contribution in [3.8, 4) is 11.4 Å². The molecule has 1 aliphatic rings. The molecule has 2 heterocycles. The smallest absolute Gasteiger partial charge is 0.254 e. The van der Waals surface area contributed by atoms with Crippen molar-refractivity contribution in [3.63, 3.8) is 0 Å². The van der Waals surface area contributed by atoms with E-state index in [9.17, 15) is 9.59 Å². The highest BCUT2D eigenvalue weighted by atomic mass is 79.9. The minimum absolute atomic E-state index is 0.116. The number of nitrogens with zero attached hydrogens (tertiary/aromatic N) is 4. The van der Waals surface area contributed by atoms with E-state index in [1.165, 1.54) is 11.0 Å². The van der Waals surface area contributed by atoms with E-state index in [-0.39, 0.29) is 36.0 Å². The van der Waals surface area contributed by atoms with Crippen molar-refractivity contribution < 1.29 is 14.1 Å². The van der Waals surface area contributed by atoms with Gasteiger partial charge in [-0.1, -0.05) is 50.4 Å². The molecule has 1 fully saturated rings. The van der Waals surface area contributed by atoms with Crippen LogP contribution in [-0.2, 0) is 4.79 Å². The van der Waals surface area contributed by atoms with Gasteiger partial charge in [0.1, 0.15) is 12.6 Å². The molecule has 1 saturated heterocycles. The lowest BCUT2D eigenvalue weighted by Gasteiger charge is -2.35. The van der Waals surface area contributed by atoms with Gasteiger partial charge in [-0.05, 0) is 61.7 Å². The molecule has 35 heavy (non-hydrogen) atoms. The van der Waals surface area contributed by atoms with Crippen LogP contribution in [-0.4, -0.2) is 51.4 Å². The van der Waals surface area contributed by atoms with Gasteiger partial charge in [0.05, 0.1) is 10.0 Å². The number of carbonyl (C=O) groups is 2. The monoisotopic (exact) mass is 576 g/mol. The number of piperidine rings is 1. The molecule has 182 valence electrons. The molecule has 1 aliphatic heterocycles. The number of halogens is 3. The van der Waals surface area contributed by atoms with Crippen molar-refractivity contribution in [2.75, 3.05) is 19.6 Å². The lowest BCUT2D eigenvalue weighted by Crippen LogP contribution is -2.46. The van der Waals surface area contributed by atoms with Crippen LogP contribution in [0.2, 0.25) is 10.0 Å². The summed E-state index contributed by atoms with van der Waals surface area (Å²) in [4.78, 5) is 34.2. The number of amides is 2. The molecule has 2 aromatic carbocycles. The van der Waals surface area contributed by atoms with Crippen LogP contribution in [0.4, 0.5) is 0 Å². The molecule has 10 heteroatoms. The zero-order chi connectivity index (χ0) is 24.9. The van der Waals surface area contributed by atoms with Gasteiger partial charge in [0, 0.05) is 28.7 Å². The third-order valence-electron chi connectivity index (χ3n) is 5.78. The molecule has 0 spiro atoms. The van der Waals surface area contributed by atoms with Gasteiger partial charge in [-0.3, -0.25) is 9.59 Å². The summed E-state index contributed by atoms with van der Waals surface area (Å²) >= 11 is 15.5. The molecule has 0 aliphatic carbocycles. The quantitative estimate of drug-likeness (QED) is 0.313. The fourth-order valence-corrected chi connectivity index (χ4v) is 4.58. The molecule has 2 amide bonds. The molecule has 0 saturated carbocycles. The second-order valence-electron chi connectivity index (χ2n) is 8.17. The number of benzene rings is 2. The van der Waals surface area contributed by atoms with Crippen molar-refractivity contribution >= 4 is 50.9 Å². The van der Waals surface area contributed by atoms with Crippen LogP contribution in [0.25, 0.3) is 11.4 Å². The maximum absolute atomic E-state index is 13.4. The van der Waals surface area contributed by atoms with Gasteiger partial charge in [-0.15, -0.1) is 6.58 Å². The van der Waals surface area contributed by atoms with Crippen LogP contribution < -0.4 is 0 Å². The average Bonchev–Trinajstić information content (AvgIpc) is 3.35. The Labute approximate surface area is 221 Å². The molecule has 7 nitrogen and oxygen atoms in total. The zero-order valence-corrected chi connectivity index (χ0v) is 21.9. The summed E-state index contributed by atoms with van der Waals surface area (Å²) in [5.74, 6) is 0.324. The van der Waals surface area contributed by atoms with Crippen molar-refractivity contribution in [2.24, 2.45) is 0 Å². The van der Waals surface area contributed by atoms with E-state index >= 15 is 0 Å². The fraction of sp³-hybridized carbons (Fsp3) is 0.280. The molecule has 1 aromatic heterocycles. The number of likely N-dealkylation sites (tertiary alicyclic amines) is 1. The Kier molecular flexibility index (Phi) is 8.26. The number of aromatic nitrogens is 2. The maximum Gasteiger partial charge on any atom is 0.254 e. The van der Waals surface area contributed by atoms with Crippen LogP contribution in [0.15, 0.2) is 64.1 Å². The van der Waals surface area contributed by atoms with E-state index in [2.05, 4.69) is 32.6 Å². The van der Waals surface area contributed by atoms with Gasteiger partial charge >= 0.3 is 0 Å². The lowest BCUT2D eigenvalue weighted by atomic mass is 10.0. The number of carbonyl (C=O) groups excluding carboxylic acids is 2. The minimum Gasteiger partial charge on any atom is -0.337 e. The maximum atomic E-state index is 13.4. The van der Waals surface area contributed by atoms with Crippen molar-refractivity contribution in [1.29, 1.82) is 0 Å². The SMILES string of the molecule is C=CCN(CC(=O)N1CCCCC1c1nc(-c2ccc(Br)cc2)no1)C(=O)c1ccc(Cl)c(Cl)c1. The van der Waals surface area contributed by atoms with Gasteiger partial charge < -0.3 is 14.3 Å². The summed E-state index contributed by atoms with van der Waals surface area (Å²) in [5.41, 5.74) is 1.17. The van der Waals surface area contributed by atoms with E-state index < -0.39 is 0 Å². The Hall–Kier alpha value is -2.68. The first-order chi connectivity index (χ1) is 16.9. The Morgan fingerprint density at radius 1 is 1.17 bits per heavy atom. The van der Waals surface area contributed by atoms with Crippen LogP contribution in [0.3, 0.4) is 0 Å². The second-order valence-corrected chi connectivity index (χ2v) is 9.90. The Morgan fingerprint density at radius 3 is 2.66 bits per heavy atom. The van der Waals surface area contributed by atoms with Crippen LogP contribution in [0.1, 0.15) is 41.6 Å². The van der Waals surface area contributed by atoms with Gasteiger partial charge in [0.2, 0.25) is 17.6 Å². The summed E-state index contributed by atoms with van der Waals surface area (Å²) < 4.78 is 6.52. The zero-order valence-electron chi connectivity index (χ0n) is 18.8. The van der Waals surface area contributed by atoms with Crippen LogP contribution in [0.5, 0.6) is 0 Å².